The molecule has 1 saturated heterocycles. The van der Waals surface area contributed by atoms with Crippen molar-refractivity contribution in [1.82, 2.24) is 10.2 Å². The first-order valence-electron chi connectivity index (χ1n) is 5.44. The molecular weight excluding hydrogens is 237 g/mol. The molecular formula is C10H15F3N2O2. The van der Waals surface area contributed by atoms with Crippen molar-refractivity contribution in [1.29, 1.82) is 0 Å². The maximum atomic E-state index is 12.0. The van der Waals surface area contributed by atoms with E-state index < -0.39 is 18.1 Å². The summed E-state index contributed by atoms with van der Waals surface area (Å²) in [6.45, 7) is 3.51. The number of rotatable bonds is 0. The van der Waals surface area contributed by atoms with Crippen molar-refractivity contribution >= 4 is 11.9 Å². The van der Waals surface area contributed by atoms with Gasteiger partial charge < -0.3 is 4.90 Å². The molecule has 0 aromatic rings. The second kappa shape index (κ2) is 4.93. The molecule has 3 amide bonds. The van der Waals surface area contributed by atoms with Crippen molar-refractivity contribution in [3.05, 3.63) is 0 Å². The van der Waals surface area contributed by atoms with E-state index in [1.165, 1.54) is 10.2 Å². The molecule has 0 aromatic carbocycles. The quantitative estimate of drug-likeness (QED) is 0.717. The third kappa shape index (κ3) is 3.34. The molecule has 0 spiro atoms. The zero-order valence-corrected chi connectivity index (χ0v) is 9.67. The third-order valence-corrected chi connectivity index (χ3v) is 2.91. The van der Waals surface area contributed by atoms with Gasteiger partial charge in [-0.05, 0) is 33.1 Å². The largest absolute Gasteiger partial charge is 0.471 e. The van der Waals surface area contributed by atoms with E-state index in [1.54, 1.807) is 13.8 Å². The van der Waals surface area contributed by atoms with Crippen LogP contribution in [0.2, 0.25) is 0 Å². The minimum atomic E-state index is -5.03. The first-order chi connectivity index (χ1) is 7.73. The predicted molar refractivity (Wildman–Crippen MR) is 54.2 cm³/mol. The van der Waals surface area contributed by atoms with Crippen LogP contribution in [0.15, 0.2) is 0 Å². The number of alkyl halides is 3. The molecule has 1 rings (SSSR count). The van der Waals surface area contributed by atoms with Gasteiger partial charge in [0.25, 0.3) is 0 Å². The summed E-state index contributed by atoms with van der Waals surface area (Å²) in [5, 5.41) is 1.37. The zero-order chi connectivity index (χ0) is 13.2. The number of halogens is 3. The highest BCUT2D eigenvalue weighted by molar-refractivity contribution is 5.97. The molecule has 17 heavy (non-hydrogen) atoms. The van der Waals surface area contributed by atoms with Gasteiger partial charge in [0.05, 0.1) is 0 Å². The molecule has 4 nitrogen and oxygen atoms in total. The molecule has 98 valence electrons. The van der Waals surface area contributed by atoms with E-state index in [-0.39, 0.29) is 12.1 Å². The molecule has 0 bridgehead atoms. The molecule has 0 aromatic heterocycles. The van der Waals surface area contributed by atoms with Gasteiger partial charge >= 0.3 is 18.1 Å². The van der Waals surface area contributed by atoms with Gasteiger partial charge in [0, 0.05) is 12.1 Å². The lowest BCUT2D eigenvalue weighted by atomic mass is 9.98. The van der Waals surface area contributed by atoms with Gasteiger partial charge in [0.2, 0.25) is 0 Å². The lowest BCUT2D eigenvalue weighted by molar-refractivity contribution is -0.172. The van der Waals surface area contributed by atoms with Crippen molar-refractivity contribution < 1.29 is 22.8 Å². The predicted octanol–water partition coefficient (Wildman–Crippen LogP) is 2.05. The molecule has 1 N–H and O–H groups in total. The van der Waals surface area contributed by atoms with Crippen LogP contribution < -0.4 is 5.32 Å². The maximum absolute atomic E-state index is 12.0. The van der Waals surface area contributed by atoms with E-state index >= 15 is 0 Å². The van der Waals surface area contributed by atoms with Crippen LogP contribution in [0.3, 0.4) is 0 Å². The lowest BCUT2D eigenvalue weighted by Crippen LogP contribution is -2.55. The van der Waals surface area contributed by atoms with Gasteiger partial charge in [-0.25, -0.2) is 4.79 Å². The van der Waals surface area contributed by atoms with Crippen molar-refractivity contribution in [3.8, 4) is 0 Å². The van der Waals surface area contributed by atoms with Crippen LogP contribution in [0.1, 0.15) is 33.1 Å². The number of carbonyl (C=O) groups is 2. The van der Waals surface area contributed by atoms with Crippen LogP contribution in [-0.4, -0.2) is 35.1 Å². The number of likely N-dealkylation sites (tertiary alicyclic amines) is 1. The molecule has 2 atom stereocenters. The minimum Gasteiger partial charge on any atom is -0.319 e. The van der Waals surface area contributed by atoms with Crippen molar-refractivity contribution in [2.24, 2.45) is 0 Å². The molecule has 7 heteroatoms. The third-order valence-electron chi connectivity index (χ3n) is 2.91. The van der Waals surface area contributed by atoms with Crippen molar-refractivity contribution in [3.63, 3.8) is 0 Å². The molecule has 1 aliphatic heterocycles. The molecule has 1 fully saturated rings. The number of amides is 3. The summed E-state index contributed by atoms with van der Waals surface area (Å²) in [5.74, 6) is -2.22. The minimum absolute atomic E-state index is 0.153. The zero-order valence-electron chi connectivity index (χ0n) is 9.67. The first-order valence-corrected chi connectivity index (χ1v) is 5.44. The number of urea groups is 1. The molecule has 0 radical (unpaired) electrons. The van der Waals surface area contributed by atoms with E-state index in [0.717, 1.165) is 19.3 Å². The summed E-state index contributed by atoms with van der Waals surface area (Å²) in [6, 6.07) is -1.27. The maximum Gasteiger partial charge on any atom is 0.471 e. The number of hydrogen-bond donors (Lipinski definition) is 1. The molecule has 1 heterocycles. The van der Waals surface area contributed by atoms with Crippen LogP contribution in [0, 0.1) is 0 Å². The highest BCUT2D eigenvalue weighted by Gasteiger charge is 2.41. The summed E-state index contributed by atoms with van der Waals surface area (Å²) in [5.41, 5.74) is 0. The lowest BCUT2D eigenvalue weighted by Gasteiger charge is -2.38. The van der Waals surface area contributed by atoms with Gasteiger partial charge in [-0.3, -0.25) is 10.1 Å². The smallest absolute Gasteiger partial charge is 0.319 e. The highest BCUT2D eigenvalue weighted by Crippen LogP contribution is 2.23. The number of nitrogens with zero attached hydrogens (tertiary/aromatic N) is 1. The first kappa shape index (κ1) is 13.8. The second-order valence-corrected chi connectivity index (χ2v) is 4.29. The summed E-state index contributed by atoms with van der Waals surface area (Å²) in [7, 11) is 0. The van der Waals surface area contributed by atoms with Gasteiger partial charge in [0.1, 0.15) is 0 Å². The van der Waals surface area contributed by atoms with Crippen molar-refractivity contribution in [2.45, 2.75) is 51.4 Å². The number of imide groups is 1. The molecule has 0 aliphatic carbocycles. The monoisotopic (exact) mass is 252 g/mol. The molecule has 1 aliphatic rings. The van der Waals surface area contributed by atoms with Gasteiger partial charge in [0.15, 0.2) is 0 Å². The van der Waals surface area contributed by atoms with E-state index in [4.69, 9.17) is 0 Å². The van der Waals surface area contributed by atoms with E-state index in [1.807, 2.05) is 0 Å². The van der Waals surface area contributed by atoms with Gasteiger partial charge in [-0.15, -0.1) is 0 Å². The Hall–Kier alpha value is -1.27. The fourth-order valence-electron chi connectivity index (χ4n) is 2.05. The summed E-state index contributed by atoms with van der Waals surface area (Å²) < 4.78 is 36.0. The van der Waals surface area contributed by atoms with Gasteiger partial charge in [-0.2, -0.15) is 13.2 Å². The van der Waals surface area contributed by atoms with Gasteiger partial charge in [-0.1, -0.05) is 0 Å². The fraction of sp³-hybridized carbons (Fsp3) is 0.800. The summed E-state index contributed by atoms with van der Waals surface area (Å²) >= 11 is 0. The Balaban J connectivity index is 2.66. The normalized spacial score (nSPS) is 25.6. The topological polar surface area (TPSA) is 49.4 Å². The molecule has 0 unspecified atom stereocenters. The number of nitrogens with one attached hydrogen (secondary N) is 1. The Kier molecular flexibility index (Phi) is 4.00. The van der Waals surface area contributed by atoms with E-state index in [9.17, 15) is 22.8 Å². The average Bonchev–Trinajstić information content (AvgIpc) is 2.15. The van der Waals surface area contributed by atoms with Crippen LogP contribution >= 0.6 is 0 Å². The average molecular weight is 252 g/mol. The Morgan fingerprint density at radius 1 is 1.18 bits per heavy atom. The summed E-state index contributed by atoms with van der Waals surface area (Å²) in [4.78, 5) is 23.5. The standard InChI is InChI=1S/C10H15F3N2O2/c1-6-4-3-5-7(2)15(6)9(17)14-8(16)10(11,12)13/h6-7H,3-5H2,1-2H3,(H,14,16,17)/t6-,7+. The van der Waals surface area contributed by atoms with E-state index in [2.05, 4.69) is 0 Å². The highest BCUT2D eigenvalue weighted by atomic mass is 19.4. The SMILES string of the molecule is C[C@@H]1CCC[C@H](C)N1C(=O)NC(=O)C(F)(F)F. The Bertz CT molecular complexity index is 307. The van der Waals surface area contributed by atoms with E-state index in [0.29, 0.717) is 0 Å². The van der Waals surface area contributed by atoms with Crippen LogP contribution in [0.4, 0.5) is 18.0 Å². The summed E-state index contributed by atoms with van der Waals surface area (Å²) in [6.07, 6.45) is -2.63. The van der Waals surface area contributed by atoms with Crippen molar-refractivity contribution in [2.75, 3.05) is 0 Å². The Labute approximate surface area is 97.1 Å². The van der Waals surface area contributed by atoms with Crippen LogP contribution in [0.25, 0.3) is 0 Å². The molecule has 0 saturated carbocycles. The number of hydrogen-bond acceptors (Lipinski definition) is 2. The Morgan fingerprint density at radius 3 is 2.06 bits per heavy atom. The van der Waals surface area contributed by atoms with Crippen LogP contribution in [-0.2, 0) is 4.79 Å². The second-order valence-electron chi connectivity index (χ2n) is 4.29. The van der Waals surface area contributed by atoms with Crippen LogP contribution in [0.5, 0.6) is 0 Å². The number of carbonyl (C=O) groups excluding carboxylic acids is 2. The fourth-order valence-corrected chi connectivity index (χ4v) is 2.05. The Morgan fingerprint density at radius 2 is 1.65 bits per heavy atom. The number of piperidine rings is 1.